The molecule has 1 N–H and O–H groups in total. The molecule has 0 radical (unpaired) electrons. The Morgan fingerprint density at radius 2 is 1.54 bits per heavy atom. The van der Waals surface area contributed by atoms with E-state index in [0.717, 1.165) is 5.56 Å². The van der Waals surface area contributed by atoms with Crippen molar-refractivity contribution in [3.8, 4) is 0 Å². The van der Waals surface area contributed by atoms with E-state index < -0.39 is 38.1 Å². The molecule has 0 aromatic heterocycles. The second-order valence-electron chi connectivity index (χ2n) is 9.36. The maximum absolute atomic E-state index is 12.7. The van der Waals surface area contributed by atoms with Crippen LogP contribution in [-0.2, 0) is 18.7 Å². The highest BCUT2D eigenvalue weighted by Gasteiger charge is 2.44. The first kappa shape index (κ1) is 24.2. The molecule has 2 atom stereocenters. The van der Waals surface area contributed by atoms with Crippen molar-refractivity contribution in [1.29, 1.82) is 0 Å². The number of methoxy groups -OCH3 is 1. The van der Waals surface area contributed by atoms with Crippen LogP contribution in [0.4, 0.5) is 4.79 Å². The van der Waals surface area contributed by atoms with Gasteiger partial charge in [0.2, 0.25) is 0 Å². The zero-order valence-electron chi connectivity index (χ0n) is 18.6. The molecule has 1 aromatic rings. The quantitative estimate of drug-likeness (QED) is 0.539. The highest BCUT2D eigenvalue weighted by molar-refractivity contribution is 6.74. The van der Waals surface area contributed by atoms with E-state index in [-0.39, 0.29) is 5.04 Å². The average Bonchev–Trinajstić information content (AvgIpc) is 2.55. The number of amides is 1. The van der Waals surface area contributed by atoms with E-state index in [1.165, 1.54) is 7.11 Å². The van der Waals surface area contributed by atoms with Crippen LogP contribution >= 0.6 is 0 Å². The van der Waals surface area contributed by atoms with Gasteiger partial charge >= 0.3 is 12.1 Å². The van der Waals surface area contributed by atoms with Crippen molar-refractivity contribution in [3.63, 3.8) is 0 Å². The smallest absolute Gasteiger partial charge is 0.408 e. The average molecular weight is 410 g/mol. The minimum atomic E-state index is -2.33. The third-order valence-electron chi connectivity index (χ3n) is 4.79. The number of hydrogen-bond acceptors (Lipinski definition) is 5. The van der Waals surface area contributed by atoms with Gasteiger partial charge in [-0.3, -0.25) is 0 Å². The highest BCUT2D eigenvalue weighted by Crippen LogP contribution is 2.39. The predicted molar refractivity (Wildman–Crippen MR) is 113 cm³/mol. The molecule has 1 rings (SSSR count). The Morgan fingerprint density at radius 1 is 1.00 bits per heavy atom. The van der Waals surface area contributed by atoms with Crippen LogP contribution in [0.3, 0.4) is 0 Å². The van der Waals surface area contributed by atoms with Crippen LogP contribution in [0, 0.1) is 0 Å². The Hall–Kier alpha value is -1.86. The summed E-state index contributed by atoms with van der Waals surface area (Å²) in [6.45, 7) is 15.7. The lowest BCUT2D eigenvalue weighted by molar-refractivity contribution is -0.151. The van der Waals surface area contributed by atoms with Crippen molar-refractivity contribution in [2.75, 3.05) is 7.11 Å². The number of rotatable bonds is 6. The molecule has 0 saturated carbocycles. The minimum absolute atomic E-state index is 0.119. The van der Waals surface area contributed by atoms with Gasteiger partial charge in [-0.2, -0.15) is 0 Å². The zero-order chi connectivity index (χ0) is 21.8. The molecular weight excluding hydrogens is 374 g/mol. The molecular formula is C21H35NO5Si. The molecule has 0 aliphatic rings. The normalized spacial score (nSPS) is 14.8. The van der Waals surface area contributed by atoms with Crippen molar-refractivity contribution in [1.82, 2.24) is 5.32 Å². The first-order valence-corrected chi connectivity index (χ1v) is 12.4. The van der Waals surface area contributed by atoms with Gasteiger partial charge in [0.05, 0.1) is 13.2 Å². The highest BCUT2D eigenvalue weighted by atomic mass is 28.4. The number of benzene rings is 1. The van der Waals surface area contributed by atoms with Gasteiger partial charge in [-0.1, -0.05) is 51.1 Å². The predicted octanol–water partition coefficient (Wildman–Crippen LogP) is 4.82. The second kappa shape index (κ2) is 9.09. The largest absolute Gasteiger partial charge is 0.467 e. The van der Waals surface area contributed by atoms with Gasteiger partial charge in [0.15, 0.2) is 14.4 Å². The molecule has 0 spiro atoms. The number of esters is 1. The van der Waals surface area contributed by atoms with Crippen LogP contribution < -0.4 is 5.32 Å². The summed E-state index contributed by atoms with van der Waals surface area (Å²) in [7, 11) is -1.01. The van der Waals surface area contributed by atoms with E-state index in [4.69, 9.17) is 13.9 Å². The van der Waals surface area contributed by atoms with Gasteiger partial charge in [0.25, 0.3) is 0 Å². The summed E-state index contributed by atoms with van der Waals surface area (Å²) >= 11 is 0. The topological polar surface area (TPSA) is 73.9 Å². The van der Waals surface area contributed by atoms with Crippen molar-refractivity contribution in [2.24, 2.45) is 0 Å². The number of alkyl carbamates (subject to hydrolysis) is 1. The van der Waals surface area contributed by atoms with Crippen molar-refractivity contribution >= 4 is 20.4 Å². The minimum Gasteiger partial charge on any atom is -0.467 e. The van der Waals surface area contributed by atoms with E-state index in [1.807, 2.05) is 30.3 Å². The van der Waals surface area contributed by atoms with Crippen LogP contribution in [0.15, 0.2) is 30.3 Å². The SMILES string of the molecule is COC(=O)[C@@H](O[Si](C)(C)C(C)(C)C)[C@H](NC(=O)OC(C)(C)C)c1ccccc1. The number of ether oxygens (including phenoxy) is 2. The van der Waals surface area contributed by atoms with E-state index in [1.54, 1.807) is 20.8 Å². The van der Waals surface area contributed by atoms with Crippen molar-refractivity contribution < 1.29 is 23.5 Å². The maximum Gasteiger partial charge on any atom is 0.408 e. The van der Waals surface area contributed by atoms with Gasteiger partial charge in [-0.25, -0.2) is 9.59 Å². The van der Waals surface area contributed by atoms with E-state index in [0.29, 0.717) is 0 Å². The Kier molecular flexibility index (Phi) is 7.85. The summed E-state index contributed by atoms with van der Waals surface area (Å²) in [6.07, 6.45) is -1.60. The zero-order valence-corrected chi connectivity index (χ0v) is 19.6. The van der Waals surface area contributed by atoms with Gasteiger partial charge in [0, 0.05) is 0 Å². The van der Waals surface area contributed by atoms with Crippen LogP contribution in [0.5, 0.6) is 0 Å². The number of carbonyl (C=O) groups excluding carboxylic acids is 2. The first-order valence-electron chi connectivity index (χ1n) is 9.48. The van der Waals surface area contributed by atoms with Gasteiger partial charge in [0.1, 0.15) is 5.60 Å². The first-order chi connectivity index (χ1) is 12.7. The third kappa shape index (κ3) is 6.94. The van der Waals surface area contributed by atoms with Gasteiger partial charge in [-0.05, 0) is 44.5 Å². The molecule has 0 saturated heterocycles. The lowest BCUT2D eigenvalue weighted by Gasteiger charge is -2.40. The molecule has 7 heteroatoms. The fraction of sp³-hybridized carbons (Fsp3) is 0.619. The summed E-state index contributed by atoms with van der Waals surface area (Å²) in [5, 5.41) is 2.70. The Labute approximate surface area is 170 Å². The molecule has 1 aromatic carbocycles. The molecule has 6 nitrogen and oxygen atoms in total. The fourth-order valence-electron chi connectivity index (χ4n) is 2.29. The molecule has 158 valence electrons. The monoisotopic (exact) mass is 409 g/mol. The molecule has 1 amide bonds. The Morgan fingerprint density at radius 3 is 1.96 bits per heavy atom. The fourth-order valence-corrected chi connectivity index (χ4v) is 3.51. The molecule has 0 fully saturated rings. The lowest BCUT2D eigenvalue weighted by atomic mass is 10.0. The molecule has 0 unspecified atom stereocenters. The van der Waals surface area contributed by atoms with Crippen LogP contribution in [0.25, 0.3) is 0 Å². The number of carbonyl (C=O) groups is 2. The standard InChI is InChI=1S/C21H35NO5Si/c1-20(2,3)26-19(24)22-16(15-13-11-10-12-14-15)17(18(23)25-7)27-28(8,9)21(4,5)6/h10-14,16-17H,1-9H3,(H,22,24)/t16-,17+/m1/s1. The molecule has 0 heterocycles. The molecule has 0 bridgehead atoms. The van der Waals surface area contributed by atoms with E-state index in [9.17, 15) is 9.59 Å². The summed E-state index contributed by atoms with van der Waals surface area (Å²) in [4.78, 5) is 25.2. The number of hydrogen-bond donors (Lipinski definition) is 1. The molecule has 0 aliphatic heterocycles. The van der Waals surface area contributed by atoms with Gasteiger partial charge < -0.3 is 19.2 Å². The summed E-state index contributed by atoms with van der Waals surface area (Å²) in [6, 6.07) is 8.51. The lowest BCUT2D eigenvalue weighted by Crippen LogP contribution is -2.51. The molecule has 0 aliphatic carbocycles. The Balaban J connectivity index is 3.31. The van der Waals surface area contributed by atoms with Crippen LogP contribution in [0.2, 0.25) is 18.1 Å². The molecule has 28 heavy (non-hydrogen) atoms. The summed E-state index contributed by atoms with van der Waals surface area (Å²) < 4.78 is 16.8. The van der Waals surface area contributed by atoms with E-state index in [2.05, 4.69) is 39.2 Å². The second-order valence-corrected chi connectivity index (χ2v) is 14.1. The van der Waals surface area contributed by atoms with Gasteiger partial charge in [-0.15, -0.1) is 0 Å². The number of nitrogens with one attached hydrogen (secondary N) is 1. The van der Waals surface area contributed by atoms with Crippen LogP contribution in [0.1, 0.15) is 53.1 Å². The summed E-state index contributed by atoms with van der Waals surface area (Å²) in [5.41, 5.74) is 0.0781. The maximum atomic E-state index is 12.7. The Bertz CT molecular complexity index is 662. The van der Waals surface area contributed by atoms with Crippen molar-refractivity contribution in [2.45, 2.75) is 77.4 Å². The third-order valence-corrected chi connectivity index (χ3v) is 9.25. The van der Waals surface area contributed by atoms with Crippen LogP contribution in [-0.4, -0.2) is 39.2 Å². The van der Waals surface area contributed by atoms with E-state index >= 15 is 0 Å². The van der Waals surface area contributed by atoms with Crippen molar-refractivity contribution in [3.05, 3.63) is 35.9 Å². The summed E-state index contributed by atoms with van der Waals surface area (Å²) in [5.74, 6) is -0.533.